The lowest BCUT2D eigenvalue weighted by Crippen LogP contribution is -2.19. The van der Waals surface area contributed by atoms with Crippen molar-refractivity contribution in [3.05, 3.63) is 76.6 Å². The molecule has 31 heavy (non-hydrogen) atoms. The number of aromatic carboxylic acids is 1. The molecular weight excluding hydrogens is 396 g/mol. The van der Waals surface area contributed by atoms with E-state index < -0.39 is 12.0 Å². The van der Waals surface area contributed by atoms with Crippen LogP contribution >= 0.6 is 0 Å². The van der Waals surface area contributed by atoms with Gasteiger partial charge in [-0.25, -0.2) is 9.59 Å². The highest BCUT2D eigenvalue weighted by molar-refractivity contribution is 6.35. The monoisotopic (exact) mass is 416 g/mol. The Morgan fingerprint density at radius 1 is 1.00 bits per heavy atom. The molecule has 0 saturated carbocycles. The van der Waals surface area contributed by atoms with E-state index in [1.807, 2.05) is 18.2 Å². The number of aryl methyl sites for hydroxylation is 1. The quantitative estimate of drug-likeness (QED) is 0.403. The van der Waals surface area contributed by atoms with E-state index in [1.54, 1.807) is 50.3 Å². The smallest absolute Gasteiger partial charge is 0.337 e. The first-order valence-corrected chi connectivity index (χ1v) is 9.56. The minimum Gasteiger partial charge on any atom is -0.478 e. The van der Waals surface area contributed by atoms with Crippen molar-refractivity contribution >= 4 is 46.6 Å². The molecule has 0 unspecified atom stereocenters. The molecule has 5 N–H and O–H groups in total. The maximum Gasteiger partial charge on any atom is 0.337 e. The third kappa shape index (κ3) is 3.91. The zero-order valence-electron chi connectivity index (χ0n) is 16.9. The first-order valence-electron chi connectivity index (χ1n) is 9.56. The van der Waals surface area contributed by atoms with Crippen LogP contribution in [-0.4, -0.2) is 28.0 Å². The number of aromatic nitrogens is 1. The Morgan fingerprint density at radius 2 is 1.71 bits per heavy atom. The number of carbonyl (C=O) groups excluding carboxylic acids is 2. The van der Waals surface area contributed by atoms with E-state index in [1.165, 1.54) is 0 Å². The summed E-state index contributed by atoms with van der Waals surface area (Å²) in [5, 5.41) is 17.6. The lowest BCUT2D eigenvalue weighted by atomic mass is 10.0. The van der Waals surface area contributed by atoms with Crippen molar-refractivity contribution in [2.45, 2.75) is 13.8 Å². The van der Waals surface area contributed by atoms with Crippen molar-refractivity contribution in [3.63, 3.8) is 0 Å². The zero-order valence-corrected chi connectivity index (χ0v) is 16.9. The molecule has 0 fully saturated rings. The Labute approximate surface area is 178 Å². The second kappa shape index (κ2) is 7.83. The average molecular weight is 416 g/mol. The maximum absolute atomic E-state index is 12.5. The van der Waals surface area contributed by atoms with Gasteiger partial charge in [-0.15, -0.1) is 0 Å². The van der Waals surface area contributed by atoms with E-state index in [0.717, 1.165) is 0 Å². The van der Waals surface area contributed by atoms with Crippen LogP contribution in [0.5, 0.6) is 0 Å². The van der Waals surface area contributed by atoms with Crippen molar-refractivity contribution in [2.24, 2.45) is 0 Å². The number of H-pyrrole nitrogens is 1. The van der Waals surface area contributed by atoms with E-state index >= 15 is 0 Å². The lowest BCUT2D eigenvalue weighted by molar-refractivity contribution is -0.110. The summed E-state index contributed by atoms with van der Waals surface area (Å²) < 4.78 is 0. The molecule has 1 aliphatic heterocycles. The molecule has 0 radical (unpaired) electrons. The minimum absolute atomic E-state index is 0.203. The van der Waals surface area contributed by atoms with Crippen molar-refractivity contribution < 1.29 is 19.5 Å². The van der Waals surface area contributed by atoms with Gasteiger partial charge in [-0.2, -0.15) is 0 Å². The summed E-state index contributed by atoms with van der Waals surface area (Å²) in [6, 6.07) is 13.8. The molecule has 3 aromatic rings. The largest absolute Gasteiger partial charge is 0.478 e. The molecule has 2 aromatic carbocycles. The molecule has 0 aliphatic carbocycles. The van der Waals surface area contributed by atoms with Crippen LogP contribution in [0.3, 0.4) is 0 Å². The lowest BCUT2D eigenvalue weighted by Gasteiger charge is -2.09. The average Bonchev–Trinajstić information content (AvgIpc) is 3.17. The minimum atomic E-state index is -1.02. The van der Waals surface area contributed by atoms with Gasteiger partial charge in [-0.05, 0) is 49.8 Å². The van der Waals surface area contributed by atoms with E-state index in [0.29, 0.717) is 45.2 Å². The van der Waals surface area contributed by atoms with Gasteiger partial charge in [-0.1, -0.05) is 24.3 Å². The van der Waals surface area contributed by atoms with Gasteiger partial charge in [0.25, 0.3) is 5.91 Å². The molecule has 1 aliphatic rings. The van der Waals surface area contributed by atoms with Crippen LogP contribution in [0, 0.1) is 13.8 Å². The molecule has 4 rings (SSSR count). The molecule has 0 spiro atoms. The van der Waals surface area contributed by atoms with Crippen LogP contribution in [0.25, 0.3) is 11.6 Å². The highest BCUT2D eigenvalue weighted by Crippen LogP contribution is 2.35. The van der Waals surface area contributed by atoms with E-state index in [2.05, 4.69) is 20.9 Å². The van der Waals surface area contributed by atoms with Crippen LogP contribution in [0.4, 0.5) is 21.9 Å². The first kappa shape index (κ1) is 20.0. The van der Waals surface area contributed by atoms with Gasteiger partial charge in [0.05, 0.1) is 16.8 Å². The number of fused-ring (bicyclic) bond motifs is 1. The number of urea groups is 1. The third-order valence-electron chi connectivity index (χ3n) is 5.07. The fraction of sp³-hybridized carbons (Fsp3) is 0.0870. The Hall–Kier alpha value is -4.33. The van der Waals surface area contributed by atoms with Gasteiger partial charge in [-0.3, -0.25) is 4.79 Å². The molecule has 3 amide bonds. The summed E-state index contributed by atoms with van der Waals surface area (Å²) in [5.41, 5.74) is 4.69. The SMILES string of the molecule is Cc1[nH]c(/C=C2\C(=O)Nc3cc(NC(=O)Nc4ccccc4)ccc32)c(C)c1C(=O)O. The summed E-state index contributed by atoms with van der Waals surface area (Å²) in [7, 11) is 0. The van der Waals surface area contributed by atoms with E-state index in [-0.39, 0.29) is 11.5 Å². The maximum atomic E-state index is 12.5. The Kier molecular flexibility index (Phi) is 5.04. The van der Waals surface area contributed by atoms with Crippen LogP contribution < -0.4 is 16.0 Å². The van der Waals surface area contributed by atoms with Crippen molar-refractivity contribution in [2.75, 3.05) is 16.0 Å². The Balaban J connectivity index is 1.58. The summed E-state index contributed by atoms with van der Waals surface area (Å²) in [6.45, 7) is 3.38. The van der Waals surface area contributed by atoms with Crippen LogP contribution in [-0.2, 0) is 4.79 Å². The second-order valence-corrected chi connectivity index (χ2v) is 7.19. The van der Waals surface area contributed by atoms with Gasteiger partial charge in [0.15, 0.2) is 0 Å². The number of nitrogens with one attached hydrogen (secondary N) is 4. The van der Waals surface area contributed by atoms with E-state index in [9.17, 15) is 19.5 Å². The number of carboxylic acids is 1. The normalized spacial score (nSPS) is 13.6. The highest BCUT2D eigenvalue weighted by atomic mass is 16.4. The number of benzene rings is 2. The Bertz CT molecular complexity index is 1240. The van der Waals surface area contributed by atoms with Crippen LogP contribution in [0.15, 0.2) is 48.5 Å². The first-order chi connectivity index (χ1) is 14.8. The molecule has 0 saturated heterocycles. The van der Waals surface area contributed by atoms with E-state index in [4.69, 9.17) is 0 Å². The zero-order chi connectivity index (χ0) is 22.1. The molecule has 0 bridgehead atoms. The standard InChI is InChI=1S/C23H20N4O4/c1-12-18(24-13(2)20(12)22(29)30)11-17-16-9-8-15(10-19(16)27-21(17)28)26-23(31)25-14-6-4-3-5-7-14/h3-11,24H,1-2H3,(H,27,28)(H,29,30)(H2,25,26,31)/b17-11-. The second-order valence-electron chi connectivity index (χ2n) is 7.19. The summed E-state index contributed by atoms with van der Waals surface area (Å²) in [4.78, 5) is 39.2. The predicted octanol–water partition coefficient (Wildman–Crippen LogP) is 4.47. The van der Waals surface area contributed by atoms with Gasteiger partial charge in [0.2, 0.25) is 0 Å². The van der Waals surface area contributed by atoms with Gasteiger partial charge >= 0.3 is 12.0 Å². The van der Waals surface area contributed by atoms with Crippen molar-refractivity contribution in [1.82, 2.24) is 4.98 Å². The van der Waals surface area contributed by atoms with Crippen molar-refractivity contribution in [3.8, 4) is 0 Å². The van der Waals surface area contributed by atoms with Crippen molar-refractivity contribution in [1.29, 1.82) is 0 Å². The molecular formula is C23H20N4O4. The van der Waals surface area contributed by atoms with Gasteiger partial charge in [0, 0.05) is 28.3 Å². The summed E-state index contributed by atoms with van der Waals surface area (Å²) in [5.74, 6) is -1.32. The predicted molar refractivity (Wildman–Crippen MR) is 119 cm³/mol. The number of rotatable bonds is 4. The van der Waals surface area contributed by atoms with Crippen LogP contribution in [0.2, 0.25) is 0 Å². The van der Waals surface area contributed by atoms with Crippen LogP contribution in [0.1, 0.15) is 32.9 Å². The number of amides is 3. The highest BCUT2D eigenvalue weighted by Gasteiger charge is 2.26. The molecule has 2 heterocycles. The summed E-state index contributed by atoms with van der Waals surface area (Å²) in [6.07, 6.45) is 1.64. The molecule has 156 valence electrons. The van der Waals surface area contributed by atoms with Gasteiger partial charge in [0.1, 0.15) is 0 Å². The fourth-order valence-electron chi connectivity index (χ4n) is 3.61. The Morgan fingerprint density at radius 3 is 2.39 bits per heavy atom. The topological polar surface area (TPSA) is 123 Å². The molecule has 8 nitrogen and oxygen atoms in total. The number of para-hydroxylation sites is 1. The number of hydrogen-bond acceptors (Lipinski definition) is 3. The third-order valence-corrected chi connectivity index (χ3v) is 5.07. The number of aromatic amines is 1. The fourth-order valence-corrected chi connectivity index (χ4v) is 3.61. The number of hydrogen-bond donors (Lipinski definition) is 5. The summed E-state index contributed by atoms with van der Waals surface area (Å²) >= 11 is 0. The molecule has 1 aromatic heterocycles. The number of carboxylic acid groups (broad SMARTS) is 1. The molecule has 8 heteroatoms. The number of carbonyl (C=O) groups is 3. The van der Waals surface area contributed by atoms with Gasteiger partial charge < -0.3 is 26.0 Å². The number of anilines is 3. The molecule has 0 atom stereocenters.